The minimum atomic E-state index is -0.119. The molecule has 3 aromatic rings. The molecule has 0 atom stereocenters. The van der Waals surface area contributed by atoms with Gasteiger partial charge in [-0.25, -0.2) is 4.98 Å². The molecule has 0 saturated heterocycles. The van der Waals surface area contributed by atoms with Gasteiger partial charge in [-0.1, -0.05) is 30.3 Å². The maximum atomic E-state index is 12.8. The van der Waals surface area contributed by atoms with Crippen LogP contribution in [0.1, 0.15) is 15.9 Å². The molecular weight excluding hydrogens is 310 g/mol. The number of rotatable bonds is 4. The summed E-state index contributed by atoms with van der Waals surface area (Å²) in [5.74, 6) is 0.515. The molecule has 0 saturated carbocycles. The van der Waals surface area contributed by atoms with Gasteiger partial charge in [-0.05, 0) is 24.5 Å². The third-order valence-electron chi connectivity index (χ3n) is 3.58. The number of pyridine rings is 1. The van der Waals surface area contributed by atoms with Crippen molar-refractivity contribution in [1.82, 2.24) is 4.98 Å². The monoisotopic (exact) mass is 325 g/mol. The first-order valence-corrected chi connectivity index (χ1v) is 8.22. The van der Waals surface area contributed by atoms with Crippen molar-refractivity contribution in [2.45, 2.75) is 5.03 Å². The molecule has 0 aliphatic carbocycles. The Hall–Kier alpha value is -2.53. The number of phenolic OH excluding ortho intramolecular Hbond substituents is 1. The van der Waals surface area contributed by atoms with Crippen LogP contribution in [-0.4, -0.2) is 29.2 Å². The number of phenols is 1. The maximum absolute atomic E-state index is 12.8. The number of ether oxygens (including phenoxy) is 1. The molecule has 4 nitrogen and oxygen atoms in total. The molecule has 5 heteroatoms. The van der Waals surface area contributed by atoms with Gasteiger partial charge in [-0.15, -0.1) is 11.8 Å². The van der Waals surface area contributed by atoms with E-state index in [9.17, 15) is 9.90 Å². The van der Waals surface area contributed by atoms with Gasteiger partial charge in [0.2, 0.25) is 0 Å². The first-order valence-electron chi connectivity index (χ1n) is 7.00. The number of aromatic hydroxyl groups is 1. The molecule has 0 unspecified atom stereocenters. The molecule has 0 amide bonds. The smallest absolute Gasteiger partial charge is 0.195 e. The third kappa shape index (κ3) is 2.75. The molecule has 0 spiro atoms. The van der Waals surface area contributed by atoms with Gasteiger partial charge < -0.3 is 9.84 Å². The number of benzene rings is 2. The van der Waals surface area contributed by atoms with E-state index < -0.39 is 0 Å². The van der Waals surface area contributed by atoms with E-state index >= 15 is 0 Å². The van der Waals surface area contributed by atoms with Gasteiger partial charge in [0.25, 0.3) is 0 Å². The Morgan fingerprint density at radius 1 is 1.17 bits per heavy atom. The van der Waals surface area contributed by atoms with Crippen LogP contribution in [0.2, 0.25) is 0 Å². The zero-order valence-corrected chi connectivity index (χ0v) is 13.6. The van der Waals surface area contributed by atoms with Crippen LogP contribution in [0.3, 0.4) is 0 Å². The van der Waals surface area contributed by atoms with Crippen LogP contribution in [0, 0.1) is 0 Å². The van der Waals surface area contributed by atoms with E-state index in [0.717, 1.165) is 0 Å². The lowest BCUT2D eigenvalue weighted by Gasteiger charge is -2.11. The summed E-state index contributed by atoms with van der Waals surface area (Å²) in [7, 11) is 1.55. The van der Waals surface area contributed by atoms with Crippen LogP contribution in [0.4, 0.5) is 0 Å². The van der Waals surface area contributed by atoms with Crippen molar-refractivity contribution in [2.75, 3.05) is 13.4 Å². The molecule has 0 bridgehead atoms. The number of aromatic nitrogens is 1. The Balaban J connectivity index is 2.25. The predicted octanol–water partition coefficient (Wildman–Crippen LogP) is 3.90. The highest BCUT2D eigenvalue weighted by Gasteiger charge is 2.18. The standard InChI is InChI=1S/C18H15NO3S/c1-22-15-9-8-14(20)12-10-13(18(23-2)19-16(12)15)17(21)11-6-4-3-5-7-11/h3-10,20H,1-2H3. The van der Waals surface area contributed by atoms with Crippen molar-refractivity contribution < 1.29 is 14.6 Å². The van der Waals surface area contributed by atoms with Gasteiger partial charge in [0.15, 0.2) is 5.78 Å². The topological polar surface area (TPSA) is 59.4 Å². The zero-order chi connectivity index (χ0) is 16.4. The molecule has 1 N–H and O–H groups in total. The minimum absolute atomic E-state index is 0.0723. The summed E-state index contributed by atoms with van der Waals surface area (Å²) >= 11 is 1.39. The summed E-state index contributed by atoms with van der Waals surface area (Å²) < 4.78 is 5.30. The largest absolute Gasteiger partial charge is 0.507 e. The lowest BCUT2D eigenvalue weighted by atomic mass is 10.0. The van der Waals surface area contributed by atoms with E-state index in [4.69, 9.17) is 4.74 Å². The average molecular weight is 325 g/mol. The fourth-order valence-corrected chi connectivity index (χ4v) is 2.98. The van der Waals surface area contributed by atoms with Crippen molar-refractivity contribution in [2.24, 2.45) is 0 Å². The van der Waals surface area contributed by atoms with E-state index in [-0.39, 0.29) is 11.5 Å². The normalized spacial score (nSPS) is 10.7. The molecule has 0 fully saturated rings. The summed E-state index contributed by atoms with van der Waals surface area (Å²) in [6.07, 6.45) is 1.87. The van der Waals surface area contributed by atoms with Crippen LogP contribution in [-0.2, 0) is 0 Å². The zero-order valence-electron chi connectivity index (χ0n) is 12.7. The first-order chi connectivity index (χ1) is 11.2. The number of methoxy groups -OCH3 is 1. The lowest BCUT2D eigenvalue weighted by Crippen LogP contribution is -2.05. The Morgan fingerprint density at radius 3 is 2.57 bits per heavy atom. The summed E-state index contributed by atoms with van der Waals surface area (Å²) in [4.78, 5) is 17.3. The summed E-state index contributed by atoms with van der Waals surface area (Å²) in [5.41, 5.74) is 1.60. The van der Waals surface area contributed by atoms with Crippen LogP contribution in [0.25, 0.3) is 10.9 Å². The van der Waals surface area contributed by atoms with Crippen molar-refractivity contribution in [1.29, 1.82) is 0 Å². The quantitative estimate of drug-likeness (QED) is 0.582. The molecule has 3 rings (SSSR count). The molecule has 116 valence electrons. The maximum Gasteiger partial charge on any atom is 0.195 e. The first kappa shape index (κ1) is 15.4. The molecule has 0 aliphatic rings. The number of hydrogen-bond acceptors (Lipinski definition) is 5. The van der Waals surface area contributed by atoms with Gasteiger partial charge in [0.05, 0.1) is 12.7 Å². The number of fused-ring (bicyclic) bond motifs is 1. The van der Waals surface area contributed by atoms with Crippen LogP contribution >= 0.6 is 11.8 Å². The van der Waals surface area contributed by atoms with Crippen molar-refractivity contribution >= 4 is 28.4 Å². The Morgan fingerprint density at radius 2 is 1.91 bits per heavy atom. The van der Waals surface area contributed by atoms with E-state index in [1.54, 1.807) is 37.4 Å². The summed E-state index contributed by atoms with van der Waals surface area (Å²) in [6, 6.07) is 13.9. The van der Waals surface area contributed by atoms with Gasteiger partial charge in [-0.2, -0.15) is 0 Å². The van der Waals surface area contributed by atoms with E-state index in [0.29, 0.717) is 32.8 Å². The lowest BCUT2D eigenvalue weighted by molar-refractivity contribution is 0.103. The third-order valence-corrected chi connectivity index (χ3v) is 4.28. The van der Waals surface area contributed by atoms with Crippen LogP contribution in [0.15, 0.2) is 53.6 Å². The number of carbonyl (C=O) groups is 1. The van der Waals surface area contributed by atoms with Crippen LogP contribution < -0.4 is 4.74 Å². The van der Waals surface area contributed by atoms with Crippen LogP contribution in [0.5, 0.6) is 11.5 Å². The SMILES string of the molecule is COc1ccc(O)c2cc(C(=O)c3ccccc3)c(SC)nc12. The summed E-state index contributed by atoms with van der Waals surface area (Å²) in [5, 5.41) is 11.2. The number of nitrogens with zero attached hydrogens (tertiary/aromatic N) is 1. The molecule has 2 aromatic carbocycles. The van der Waals surface area contributed by atoms with Crippen molar-refractivity contribution in [3.63, 3.8) is 0 Å². The van der Waals surface area contributed by atoms with Gasteiger partial charge in [0, 0.05) is 10.9 Å². The van der Waals surface area contributed by atoms with Gasteiger partial charge in [0.1, 0.15) is 22.0 Å². The number of thioether (sulfide) groups is 1. The molecule has 1 heterocycles. The summed E-state index contributed by atoms with van der Waals surface area (Å²) in [6.45, 7) is 0. The second kappa shape index (κ2) is 6.30. The molecular formula is C18H15NO3S. The molecule has 1 aromatic heterocycles. The van der Waals surface area contributed by atoms with Crippen molar-refractivity contribution in [3.8, 4) is 11.5 Å². The second-order valence-electron chi connectivity index (χ2n) is 4.92. The Labute approximate surface area is 138 Å². The Kier molecular flexibility index (Phi) is 4.21. The molecule has 0 aliphatic heterocycles. The second-order valence-corrected chi connectivity index (χ2v) is 5.72. The number of ketones is 1. The Bertz CT molecular complexity index is 878. The highest BCUT2D eigenvalue weighted by molar-refractivity contribution is 7.98. The predicted molar refractivity (Wildman–Crippen MR) is 91.6 cm³/mol. The number of carbonyl (C=O) groups excluding carboxylic acids is 1. The average Bonchev–Trinajstić information content (AvgIpc) is 2.61. The molecule has 23 heavy (non-hydrogen) atoms. The highest BCUT2D eigenvalue weighted by atomic mass is 32.2. The van der Waals surface area contributed by atoms with Crippen molar-refractivity contribution in [3.05, 3.63) is 59.7 Å². The van der Waals surface area contributed by atoms with Gasteiger partial charge >= 0.3 is 0 Å². The fraction of sp³-hybridized carbons (Fsp3) is 0.111. The number of hydrogen-bond donors (Lipinski definition) is 1. The highest BCUT2D eigenvalue weighted by Crippen LogP contribution is 2.35. The van der Waals surface area contributed by atoms with E-state index in [1.165, 1.54) is 11.8 Å². The fourth-order valence-electron chi connectivity index (χ4n) is 2.43. The molecule has 0 radical (unpaired) electrons. The van der Waals surface area contributed by atoms with E-state index in [2.05, 4.69) is 4.98 Å². The van der Waals surface area contributed by atoms with Gasteiger partial charge in [-0.3, -0.25) is 4.79 Å². The van der Waals surface area contributed by atoms with E-state index in [1.807, 2.05) is 24.5 Å². The minimum Gasteiger partial charge on any atom is -0.507 e.